The lowest BCUT2D eigenvalue weighted by atomic mass is 9.96. The number of aliphatic carboxylic acids is 1. The van der Waals surface area contributed by atoms with Gasteiger partial charge in [-0.1, -0.05) is 64.4 Å². The average Bonchev–Trinajstić information content (AvgIpc) is 2.87. The number of amides is 3. The Hall–Kier alpha value is -3.67. The molecule has 1 rings (SSSR count). The molecular weight excluding hydrogens is 502 g/mol. The third kappa shape index (κ3) is 12.6. The molecule has 0 saturated carbocycles. The van der Waals surface area contributed by atoms with Crippen molar-refractivity contribution in [3.05, 3.63) is 35.9 Å². The standard InChI is InChI=1S/C27H45N7O5/c1-5-17(4)22(34-23(35)19(28)15-18-10-7-6-8-11-18)25(37)32-20(12-9-13-31-27(29)30)24(36)33-21(26(38)39)14-16(2)3/h6-8,10-11,16-17,19-22H,5,9,12-15,28H2,1-4H3,(H,32,37)(H,33,36)(H,34,35)(H,38,39)(H4,29,30,31)/t17-,19-,20-,21-,22-/m0/s1. The zero-order valence-corrected chi connectivity index (χ0v) is 23.4. The van der Waals surface area contributed by atoms with Gasteiger partial charge in [0.15, 0.2) is 5.96 Å². The molecule has 1 aromatic rings. The van der Waals surface area contributed by atoms with Crippen LogP contribution in [0.3, 0.4) is 0 Å². The SMILES string of the molecule is CC[C@H](C)[C@H](NC(=O)[C@@H](N)Cc1ccccc1)C(=O)N[C@@H](CCCN=C(N)N)C(=O)N[C@@H](CC(C)C)C(=O)O. The molecular formula is C27H45N7O5. The summed E-state index contributed by atoms with van der Waals surface area (Å²) in [6, 6.07) is 5.28. The summed E-state index contributed by atoms with van der Waals surface area (Å²) in [5.41, 5.74) is 17.7. The van der Waals surface area contributed by atoms with E-state index in [9.17, 15) is 24.3 Å². The van der Waals surface area contributed by atoms with Crippen LogP contribution >= 0.6 is 0 Å². The molecule has 0 unspecified atom stereocenters. The summed E-state index contributed by atoms with van der Waals surface area (Å²) in [6.07, 6.45) is 1.59. The highest BCUT2D eigenvalue weighted by atomic mass is 16.4. The minimum Gasteiger partial charge on any atom is -0.480 e. The number of carboxylic acids is 1. The Balaban J connectivity index is 3.04. The highest BCUT2D eigenvalue weighted by Crippen LogP contribution is 2.12. The number of rotatable bonds is 17. The molecule has 12 nitrogen and oxygen atoms in total. The molecule has 0 aromatic heterocycles. The molecule has 0 aliphatic rings. The molecule has 218 valence electrons. The van der Waals surface area contributed by atoms with Crippen molar-refractivity contribution in [2.24, 2.45) is 34.0 Å². The zero-order valence-electron chi connectivity index (χ0n) is 23.4. The van der Waals surface area contributed by atoms with Gasteiger partial charge in [0.1, 0.15) is 18.1 Å². The number of guanidine groups is 1. The van der Waals surface area contributed by atoms with E-state index < -0.39 is 47.9 Å². The van der Waals surface area contributed by atoms with Gasteiger partial charge in [-0.3, -0.25) is 19.4 Å². The molecule has 0 bridgehead atoms. The Morgan fingerprint density at radius 2 is 1.54 bits per heavy atom. The van der Waals surface area contributed by atoms with Gasteiger partial charge < -0.3 is 38.3 Å². The molecule has 3 amide bonds. The van der Waals surface area contributed by atoms with E-state index in [-0.39, 0.29) is 37.2 Å². The number of nitrogens with zero attached hydrogens (tertiary/aromatic N) is 1. The molecule has 10 N–H and O–H groups in total. The van der Waals surface area contributed by atoms with Crippen molar-refractivity contribution in [1.82, 2.24) is 16.0 Å². The number of aliphatic imine (C=N–C) groups is 1. The first-order valence-electron chi connectivity index (χ1n) is 13.3. The predicted molar refractivity (Wildman–Crippen MR) is 150 cm³/mol. The summed E-state index contributed by atoms with van der Waals surface area (Å²) in [5, 5.41) is 17.5. The number of carboxylic acid groups (broad SMARTS) is 1. The molecule has 39 heavy (non-hydrogen) atoms. The van der Waals surface area contributed by atoms with Gasteiger partial charge in [-0.15, -0.1) is 0 Å². The van der Waals surface area contributed by atoms with E-state index >= 15 is 0 Å². The van der Waals surface area contributed by atoms with Crippen LogP contribution in [-0.4, -0.2) is 65.5 Å². The van der Waals surface area contributed by atoms with Crippen LogP contribution in [0.15, 0.2) is 35.3 Å². The predicted octanol–water partition coefficient (Wildman–Crippen LogP) is 0.241. The highest BCUT2D eigenvalue weighted by molar-refractivity contribution is 5.94. The molecule has 0 spiro atoms. The van der Waals surface area contributed by atoms with Gasteiger partial charge in [0.25, 0.3) is 0 Å². The van der Waals surface area contributed by atoms with Crippen molar-refractivity contribution in [2.75, 3.05) is 6.54 Å². The zero-order chi connectivity index (χ0) is 29.5. The number of nitrogens with two attached hydrogens (primary N) is 3. The Kier molecular flexibility index (Phi) is 14.6. The summed E-state index contributed by atoms with van der Waals surface area (Å²) >= 11 is 0. The van der Waals surface area contributed by atoms with E-state index in [4.69, 9.17) is 17.2 Å². The van der Waals surface area contributed by atoms with Gasteiger partial charge in [0, 0.05) is 6.54 Å². The van der Waals surface area contributed by atoms with Gasteiger partial charge >= 0.3 is 5.97 Å². The maximum atomic E-state index is 13.4. The summed E-state index contributed by atoms with van der Waals surface area (Å²) < 4.78 is 0. The Morgan fingerprint density at radius 1 is 0.923 bits per heavy atom. The molecule has 0 heterocycles. The fourth-order valence-corrected chi connectivity index (χ4v) is 3.92. The first kappa shape index (κ1) is 33.4. The number of benzene rings is 1. The van der Waals surface area contributed by atoms with Gasteiger partial charge in [0.05, 0.1) is 6.04 Å². The van der Waals surface area contributed by atoms with Gasteiger partial charge in [-0.05, 0) is 43.1 Å². The largest absolute Gasteiger partial charge is 0.480 e. The summed E-state index contributed by atoms with van der Waals surface area (Å²) in [7, 11) is 0. The first-order chi connectivity index (χ1) is 18.3. The Morgan fingerprint density at radius 3 is 2.08 bits per heavy atom. The maximum Gasteiger partial charge on any atom is 0.326 e. The quantitative estimate of drug-likeness (QED) is 0.0812. The summed E-state index contributed by atoms with van der Waals surface area (Å²) in [6.45, 7) is 7.60. The van der Waals surface area contributed by atoms with Crippen molar-refractivity contribution >= 4 is 29.7 Å². The smallest absolute Gasteiger partial charge is 0.326 e. The topological polar surface area (TPSA) is 215 Å². The van der Waals surface area contributed by atoms with E-state index in [0.717, 1.165) is 5.56 Å². The molecule has 1 aromatic carbocycles. The average molecular weight is 548 g/mol. The normalized spacial score (nSPS) is 14.8. The fourth-order valence-electron chi connectivity index (χ4n) is 3.92. The summed E-state index contributed by atoms with van der Waals surface area (Å²) in [5.74, 6) is -3.22. The lowest BCUT2D eigenvalue weighted by Crippen LogP contribution is -2.58. The van der Waals surface area contributed by atoms with Gasteiger partial charge in [0.2, 0.25) is 17.7 Å². The van der Waals surface area contributed by atoms with E-state index in [1.165, 1.54) is 0 Å². The van der Waals surface area contributed by atoms with Crippen LogP contribution in [0.25, 0.3) is 0 Å². The van der Waals surface area contributed by atoms with Crippen LogP contribution in [0.2, 0.25) is 0 Å². The molecule has 5 atom stereocenters. The summed E-state index contributed by atoms with van der Waals surface area (Å²) in [4.78, 5) is 55.0. The van der Waals surface area contributed by atoms with E-state index in [0.29, 0.717) is 19.3 Å². The lowest BCUT2D eigenvalue weighted by Gasteiger charge is -2.28. The minimum atomic E-state index is -1.17. The maximum absolute atomic E-state index is 13.4. The lowest BCUT2D eigenvalue weighted by molar-refractivity contribution is -0.143. The third-order valence-corrected chi connectivity index (χ3v) is 6.33. The van der Waals surface area contributed by atoms with Crippen molar-refractivity contribution in [3.8, 4) is 0 Å². The minimum absolute atomic E-state index is 0.0198. The second-order valence-corrected chi connectivity index (χ2v) is 10.2. The third-order valence-electron chi connectivity index (χ3n) is 6.33. The number of hydrogen-bond donors (Lipinski definition) is 7. The van der Waals surface area contributed by atoms with Crippen molar-refractivity contribution in [2.45, 2.75) is 84.0 Å². The van der Waals surface area contributed by atoms with E-state index in [1.807, 2.05) is 58.0 Å². The molecule has 0 aliphatic carbocycles. The first-order valence-corrected chi connectivity index (χ1v) is 13.3. The van der Waals surface area contributed by atoms with E-state index in [2.05, 4.69) is 20.9 Å². The van der Waals surface area contributed by atoms with Crippen LogP contribution < -0.4 is 33.2 Å². The van der Waals surface area contributed by atoms with E-state index in [1.54, 1.807) is 0 Å². The molecule has 12 heteroatoms. The molecule has 0 saturated heterocycles. The molecule has 0 fully saturated rings. The number of carbonyl (C=O) groups is 4. The van der Waals surface area contributed by atoms with Crippen LogP contribution in [0.5, 0.6) is 0 Å². The Bertz CT molecular complexity index is 967. The van der Waals surface area contributed by atoms with Gasteiger partial charge in [-0.2, -0.15) is 0 Å². The second-order valence-electron chi connectivity index (χ2n) is 10.2. The van der Waals surface area contributed by atoms with Crippen LogP contribution in [-0.2, 0) is 25.6 Å². The number of carbonyl (C=O) groups excluding carboxylic acids is 3. The molecule has 0 radical (unpaired) electrons. The van der Waals surface area contributed by atoms with Crippen molar-refractivity contribution in [1.29, 1.82) is 0 Å². The fraction of sp³-hybridized carbons (Fsp3) is 0.593. The van der Waals surface area contributed by atoms with Crippen molar-refractivity contribution < 1.29 is 24.3 Å². The molecule has 0 aliphatic heterocycles. The number of hydrogen-bond acceptors (Lipinski definition) is 6. The number of nitrogens with one attached hydrogen (secondary N) is 3. The van der Waals surface area contributed by atoms with Crippen LogP contribution in [0.4, 0.5) is 0 Å². The Labute approximate surface area is 230 Å². The van der Waals surface area contributed by atoms with Crippen LogP contribution in [0.1, 0.15) is 58.9 Å². The highest BCUT2D eigenvalue weighted by Gasteiger charge is 2.32. The second kappa shape index (κ2) is 17.0. The van der Waals surface area contributed by atoms with Gasteiger partial charge in [-0.25, -0.2) is 4.79 Å². The van der Waals surface area contributed by atoms with Crippen molar-refractivity contribution in [3.63, 3.8) is 0 Å². The monoisotopic (exact) mass is 547 g/mol. The van der Waals surface area contributed by atoms with Crippen LogP contribution in [0, 0.1) is 11.8 Å².